The Balaban J connectivity index is 1.36. The third kappa shape index (κ3) is 4.79. The third-order valence-corrected chi connectivity index (χ3v) is 7.59. The van der Waals surface area contributed by atoms with Crippen molar-refractivity contribution in [3.63, 3.8) is 0 Å². The molecular weight excluding hydrogens is 512 g/mol. The molecule has 0 aliphatic heterocycles. The second-order valence-corrected chi connectivity index (χ2v) is 10.3. The molecule has 6 aromatic heterocycles. The molecule has 0 aromatic carbocycles. The number of rotatable bonds is 8. The maximum absolute atomic E-state index is 12.2. The van der Waals surface area contributed by atoms with E-state index in [1.54, 1.807) is 37.9 Å². The molecule has 1 amide bonds. The zero-order valence-electron chi connectivity index (χ0n) is 21.3. The lowest BCUT2D eigenvalue weighted by atomic mass is 10.1. The third-order valence-electron chi connectivity index (χ3n) is 6.37. The van der Waals surface area contributed by atoms with Crippen molar-refractivity contribution in [2.45, 2.75) is 33.1 Å². The number of aromatic nitrogens is 7. The zero-order chi connectivity index (χ0) is 26.9. The van der Waals surface area contributed by atoms with Gasteiger partial charge >= 0.3 is 0 Å². The summed E-state index contributed by atoms with van der Waals surface area (Å²) in [4.78, 5) is 47.0. The van der Waals surface area contributed by atoms with Crippen LogP contribution in [0.15, 0.2) is 55.2 Å². The summed E-state index contributed by atoms with van der Waals surface area (Å²) in [6.45, 7) is 3.61. The lowest BCUT2D eigenvalue weighted by Gasteiger charge is -2.07. The van der Waals surface area contributed by atoms with Gasteiger partial charge in [0, 0.05) is 46.6 Å². The molecule has 0 atom stereocenters. The minimum atomic E-state index is -0.0275. The first-order chi connectivity index (χ1) is 19.0. The van der Waals surface area contributed by atoms with Gasteiger partial charge in [-0.1, -0.05) is 13.3 Å². The number of Topliss-reactive ketones (excluding diaryl/α,β-unsaturated/α-hetero) is 1. The lowest BCUT2D eigenvalue weighted by molar-refractivity contribution is -0.116. The van der Waals surface area contributed by atoms with Gasteiger partial charge in [0.25, 0.3) is 0 Å². The summed E-state index contributed by atoms with van der Waals surface area (Å²) in [5.74, 6) is 0.572. The van der Waals surface area contributed by atoms with Crippen molar-refractivity contribution in [2.75, 3.05) is 5.32 Å². The first-order valence-electron chi connectivity index (χ1n) is 12.5. The Morgan fingerprint density at radius 3 is 2.69 bits per heavy atom. The molecule has 6 heterocycles. The van der Waals surface area contributed by atoms with Gasteiger partial charge in [0.05, 0.1) is 33.9 Å². The van der Waals surface area contributed by atoms with Crippen LogP contribution in [0, 0.1) is 0 Å². The number of aromatic amines is 2. The molecular formula is C28H24N8O2S. The molecule has 0 saturated heterocycles. The van der Waals surface area contributed by atoms with E-state index in [-0.39, 0.29) is 11.7 Å². The summed E-state index contributed by atoms with van der Waals surface area (Å²) >= 11 is 1.42. The fourth-order valence-corrected chi connectivity index (χ4v) is 5.28. The van der Waals surface area contributed by atoms with Crippen molar-refractivity contribution in [1.29, 1.82) is 0 Å². The van der Waals surface area contributed by atoms with Crippen molar-refractivity contribution in [3.8, 4) is 33.1 Å². The van der Waals surface area contributed by atoms with Crippen LogP contribution in [0.25, 0.3) is 55.2 Å². The van der Waals surface area contributed by atoms with Crippen LogP contribution >= 0.6 is 11.3 Å². The largest absolute Gasteiger partial charge is 0.335 e. The highest BCUT2D eigenvalue weighted by Crippen LogP contribution is 2.35. The fraction of sp³-hybridized carbons (Fsp3) is 0.179. The van der Waals surface area contributed by atoms with Gasteiger partial charge in [0.1, 0.15) is 11.2 Å². The molecule has 0 aliphatic carbocycles. The van der Waals surface area contributed by atoms with Crippen LogP contribution in [0.1, 0.15) is 42.8 Å². The number of imidazole rings is 1. The minimum absolute atomic E-state index is 0.0275. The molecule has 0 saturated carbocycles. The van der Waals surface area contributed by atoms with Crippen LogP contribution in [-0.4, -0.2) is 46.8 Å². The first kappa shape index (κ1) is 24.6. The Morgan fingerprint density at radius 1 is 1.03 bits per heavy atom. The molecule has 10 nitrogen and oxygen atoms in total. The molecule has 0 bridgehead atoms. The predicted molar refractivity (Wildman–Crippen MR) is 151 cm³/mol. The predicted octanol–water partition coefficient (Wildman–Crippen LogP) is 6.02. The van der Waals surface area contributed by atoms with Crippen LogP contribution in [0.4, 0.5) is 5.69 Å². The topological polar surface area (TPSA) is 142 Å². The average molecular weight is 537 g/mol. The number of H-pyrrole nitrogens is 2. The Hall–Kier alpha value is -4.77. The number of fused-ring (bicyclic) bond motifs is 2. The van der Waals surface area contributed by atoms with Gasteiger partial charge in [-0.3, -0.25) is 24.7 Å². The van der Waals surface area contributed by atoms with E-state index in [0.29, 0.717) is 34.2 Å². The highest BCUT2D eigenvalue weighted by Gasteiger charge is 2.18. The summed E-state index contributed by atoms with van der Waals surface area (Å²) in [6.07, 6.45) is 10.9. The van der Waals surface area contributed by atoms with Gasteiger partial charge in [0.15, 0.2) is 17.3 Å². The molecule has 39 heavy (non-hydrogen) atoms. The normalized spacial score (nSPS) is 11.3. The number of nitrogens with one attached hydrogen (secondary N) is 3. The molecule has 0 unspecified atom stereocenters. The van der Waals surface area contributed by atoms with Gasteiger partial charge in [0.2, 0.25) is 5.91 Å². The van der Waals surface area contributed by atoms with Crippen LogP contribution in [0.5, 0.6) is 0 Å². The molecule has 11 heteroatoms. The molecule has 6 rings (SSSR count). The lowest BCUT2D eigenvalue weighted by Crippen LogP contribution is -2.11. The van der Waals surface area contributed by atoms with Crippen molar-refractivity contribution in [2.24, 2.45) is 0 Å². The number of hydrogen-bond donors (Lipinski definition) is 3. The van der Waals surface area contributed by atoms with E-state index < -0.39 is 0 Å². The quantitative estimate of drug-likeness (QED) is 0.202. The number of carbonyl (C=O) groups is 2. The Morgan fingerprint density at radius 2 is 1.87 bits per heavy atom. The van der Waals surface area contributed by atoms with Gasteiger partial charge in [-0.2, -0.15) is 5.10 Å². The first-order valence-corrected chi connectivity index (χ1v) is 13.4. The number of thiophene rings is 1. The van der Waals surface area contributed by atoms with Crippen molar-refractivity contribution >= 4 is 50.8 Å². The summed E-state index contributed by atoms with van der Waals surface area (Å²) < 4.78 is 0. The van der Waals surface area contributed by atoms with Gasteiger partial charge in [-0.05, 0) is 37.6 Å². The van der Waals surface area contributed by atoms with Crippen molar-refractivity contribution in [3.05, 3.63) is 60.1 Å². The monoisotopic (exact) mass is 536 g/mol. The molecule has 0 spiro atoms. The van der Waals surface area contributed by atoms with E-state index in [9.17, 15) is 9.59 Å². The number of amides is 1. The summed E-state index contributed by atoms with van der Waals surface area (Å²) in [7, 11) is 0. The summed E-state index contributed by atoms with van der Waals surface area (Å²) in [6, 6.07) is 7.60. The number of ketones is 1. The summed E-state index contributed by atoms with van der Waals surface area (Å²) in [5.41, 5.74) is 5.87. The van der Waals surface area contributed by atoms with Crippen LogP contribution in [0.3, 0.4) is 0 Å². The SMILES string of the molecule is CCCCC(=O)Nc1cncc(-c2cnc3[nH]nc(-c4nc5c(-c6ccc(C(C)=O)s6)cncc5[nH]4)c3c2)c1. The maximum Gasteiger partial charge on any atom is 0.224 e. The van der Waals surface area contributed by atoms with E-state index in [4.69, 9.17) is 4.98 Å². The van der Waals surface area contributed by atoms with Crippen LogP contribution in [-0.2, 0) is 4.79 Å². The van der Waals surface area contributed by atoms with Gasteiger partial charge in [-0.25, -0.2) is 9.97 Å². The Kier molecular flexibility index (Phi) is 6.41. The van der Waals surface area contributed by atoms with E-state index in [1.165, 1.54) is 11.3 Å². The van der Waals surface area contributed by atoms with E-state index in [2.05, 4.69) is 42.4 Å². The molecule has 6 aromatic rings. The number of carbonyl (C=O) groups excluding carboxylic acids is 2. The highest BCUT2D eigenvalue weighted by molar-refractivity contribution is 7.17. The van der Waals surface area contributed by atoms with E-state index in [0.717, 1.165) is 50.8 Å². The van der Waals surface area contributed by atoms with Crippen molar-refractivity contribution < 1.29 is 9.59 Å². The Labute approximate surface area is 227 Å². The van der Waals surface area contributed by atoms with Gasteiger partial charge in [-0.15, -0.1) is 11.3 Å². The summed E-state index contributed by atoms with van der Waals surface area (Å²) in [5, 5.41) is 11.2. The highest BCUT2D eigenvalue weighted by atomic mass is 32.1. The Bertz CT molecular complexity index is 1850. The molecule has 0 radical (unpaired) electrons. The second kappa shape index (κ2) is 10.2. The maximum atomic E-state index is 12.2. The van der Waals surface area contributed by atoms with E-state index >= 15 is 0 Å². The van der Waals surface area contributed by atoms with Crippen molar-refractivity contribution in [1.82, 2.24) is 35.1 Å². The molecule has 0 fully saturated rings. The fourth-order valence-electron chi connectivity index (χ4n) is 4.37. The zero-order valence-corrected chi connectivity index (χ0v) is 22.1. The number of pyridine rings is 3. The smallest absolute Gasteiger partial charge is 0.224 e. The van der Waals surface area contributed by atoms with E-state index in [1.807, 2.05) is 24.3 Å². The number of anilines is 1. The molecule has 0 aliphatic rings. The van der Waals surface area contributed by atoms with Crippen LogP contribution < -0.4 is 5.32 Å². The van der Waals surface area contributed by atoms with Gasteiger partial charge < -0.3 is 10.3 Å². The second-order valence-electron chi connectivity index (χ2n) is 9.20. The van der Waals surface area contributed by atoms with Crippen LogP contribution in [0.2, 0.25) is 0 Å². The number of nitrogens with zero attached hydrogens (tertiary/aromatic N) is 5. The minimum Gasteiger partial charge on any atom is -0.335 e. The average Bonchev–Trinajstić information content (AvgIpc) is 3.69. The molecule has 194 valence electrons. The number of unbranched alkanes of at least 4 members (excludes halogenated alkanes) is 1. The number of hydrogen-bond acceptors (Lipinski definition) is 8. The molecule has 3 N–H and O–H groups in total. The standard InChI is InChI=1S/C28H24N8O2S/c1-3-4-5-24(38)32-18-8-16(10-29-12-18)17-9-19-26(35-36-27(19)31-11-17)28-33-21-14-30-13-20(25(21)34-28)23-7-6-22(39-23)15(2)37/h6-14H,3-5H2,1-2H3,(H,32,38)(H,33,34)(H,31,35,36).